The Hall–Kier alpha value is -0.0800. The second kappa shape index (κ2) is 15.0. The molecule has 0 aliphatic carbocycles. The first-order chi connectivity index (χ1) is 8.77. The van der Waals surface area contributed by atoms with E-state index in [1.165, 1.54) is 70.6 Å². The molecule has 0 saturated heterocycles. The van der Waals surface area contributed by atoms with Gasteiger partial charge in [-0.15, -0.1) is 0 Å². The zero-order chi connectivity index (χ0) is 13.5. The number of hydrogen-bond donors (Lipinski definition) is 2. The minimum absolute atomic E-state index is 0.631. The maximum Gasteiger partial charge on any atom is 0.102 e. The van der Waals surface area contributed by atoms with E-state index in [-0.39, 0.29) is 0 Å². The minimum Gasteiger partial charge on any atom is -0.379 e. The van der Waals surface area contributed by atoms with E-state index in [1.807, 2.05) is 0 Å². The average Bonchev–Trinajstić information content (AvgIpc) is 2.34. The molecule has 2 nitrogen and oxygen atoms in total. The highest BCUT2D eigenvalue weighted by molar-refractivity contribution is 4.65. The summed E-state index contributed by atoms with van der Waals surface area (Å²) < 4.78 is 0. The zero-order valence-corrected chi connectivity index (χ0v) is 12.4. The van der Waals surface area contributed by atoms with E-state index in [1.54, 1.807) is 0 Å². The van der Waals surface area contributed by atoms with Gasteiger partial charge in [0.2, 0.25) is 0 Å². The molecular formula is C16H34NO. The van der Waals surface area contributed by atoms with Crippen LogP contribution in [0.1, 0.15) is 90.4 Å². The second-order valence-electron chi connectivity index (χ2n) is 5.40. The molecule has 0 aromatic rings. The molecule has 0 aliphatic rings. The molecule has 0 rings (SSSR count). The van der Waals surface area contributed by atoms with E-state index in [9.17, 15) is 0 Å². The van der Waals surface area contributed by atoms with Crippen molar-refractivity contribution in [2.24, 2.45) is 5.73 Å². The fourth-order valence-electron chi connectivity index (χ4n) is 2.21. The third kappa shape index (κ3) is 15.9. The van der Waals surface area contributed by atoms with Crippen LogP contribution in [0.4, 0.5) is 0 Å². The molecular weight excluding hydrogens is 222 g/mol. The van der Waals surface area contributed by atoms with Gasteiger partial charge in [0, 0.05) is 0 Å². The Kier molecular flexibility index (Phi) is 14.9. The first kappa shape index (κ1) is 17.9. The molecule has 1 radical (unpaired) electrons. The lowest BCUT2D eigenvalue weighted by Crippen LogP contribution is -2.17. The predicted octanol–water partition coefficient (Wildman–Crippen LogP) is 4.56. The van der Waals surface area contributed by atoms with Gasteiger partial charge in [0.1, 0.15) is 6.23 Å². The largest absolute Gasteiger partial charge is 0.379 e. The Bertz CT molecular complexity index is 148. The van der Waals surface area contributed by atoms with Gasteiger partial charge < -0.3 is 10.8 Å². The van der Waals surface area contributed by atoms with Crippen LogP contribution in [0.5, 0.6) is 0 Å². The molecule has 1 unspecified atom stereocenters. The van der Waals surface area contributed by atoms with Crippen LogP contribution in [0.15, 0.2) is 0 Å². The molecule has 0 bridgehead atoms. The summed E-state index contributed by atoms with van der Waals surface area (Å²) in [7, 11) is 0. The zero-order valence-electron chi connectivity index (χ0n) is 12.4. The molecule has 0 spiro atoms. The number of aliphatic hydroxyl groups excluding tert-OH is 1. The first-order valence-electron chi connectivity index (χ1n) is 8.02. The van der Waals surface area contributed by atoms with Crippen LogP contribution >= 0.6 is 0 Å². The second-order valence-corrected chi connectivity index (χ2v) is 5.40. The van der Waals surface area contributed by atoms with Gasteiger partial charge in [0.05, 0.1) is 0 Å². The van der Waals surface area contributed by atoms with Gasteiger partial charge >= 0.3 is 0 Å². The summed E-state index contributed by atoms with van der Waals surface area (Å²) in [6.45, 7) is 2.27. The lowest BCUT2D eigenvalue weighted by molar-refractivity contribution is 0.172. The molecule has 18 heavy (non-hydrogen) atoms. The predicted molar refractivity (Wildman–Crippen MR) is 80.2 cm³/mol. The molecule has 0 aromatic heterocycles. The Labute approximate surface area is 114 Å². The maximum absolute atomic E-state index is 8.89. The van der Waals surface area contributed by atoms with Crippen LogP contribution in [-0.2, 0) is 0 Å². The normalized spacial score (nSPS) is 12.8. The van der Waals surface area contributed by atoms with Gasteiger partial charge in [0.25, 0.3) is 0 Å². The Morgan fingerprint density at radius 2 is 1.33 bits per heavy atom. The molecule has 0 saturated carbocycles. The van der Waals surface area contributed by atoms with Crippen LogP contribution in [0, 0.1) is 6.42 Å². The average molecular weight is 256 g/mol. The van der Waals surface area contributed by atoms with Gasteiger partial charge in [-0.2, -0.15) is 0 Å². The fourth-order valence-corrected chi connectivity index (χ4v) is 2.21. The Morgan fingerprint density at radius 1 is 0.833 bits per heavy atom. The maximum atomic E-state index is 8.89. The van der Waals surface area contributed by atoms with Crippen molar-refractivity contribution in [3.8, 4) is 0 Å². The first-order valence-corrected chi connectivity index (χ1v) is 8.02. The molecule has 2 heteroatoms. The van der Waals surface area contributed by atoms with Crippen LogP contribution in [-0.4, -0.2) is 11.3 Å². The minimum atomic E-state index is -0.631. The van der Waals surface area contributed by atoms with Gasteiger partial charge in [-0.1, -0.05) is 77.6 Å². The number of hydrogen-bond acceptors (Lipinski definition) is 2. The number of unbranched alkanes of at least 4 members (excludes halogenated alkanes) is 12. The van der Waals surface area contributed by atoms with E-state index < -0.39 is 6.23 Å². The van der Waals surface area contributed by atoms with Crippen LogP contribution in [0.3, 0.4) is 0 Å². The number of aliphatic hydroxyl groups is 1. The topological polar surface area (TPSA) is 46.2 Å². The van der Waals surface area contributed by atoms with Crippen molar-refractivity contribution >= 4 is 0 Å². The highest BCUT2D eigenvalue weighted by atomic mass is 16.3. The van der Waals surface area contributed by atoms with E-state index in [0.29, 0.717) is 6.42 Å². The number of rotatable bonds is 14. The van der Waals surface area contributed by atoms with E-state index in [2.05, 4.69) is 13.3 Å². The van der Waals surface area contributed by atoms with Crippen LogP contribution < -0.4 is 5.73 Å². The quantitative estimate of drug-likeness (QED) is 0.353. The summed E-state index contributed by atoms with van der Waals surface area (Å²) in [6, 6.07) is 0. The smallest absolute Gasteiger partial charge is 0.102 e. The molecule has 0 aliphatic heterocycles. The highest BCUT2D eigenvalue weighted by Gasteiger charge is 1.96. The van der Waals surface area contributed by atoms with Gasteiger partial charge in [-0.25, -0.2) is 0 Å². The summed E-state index contributed by atoms with van der Waals surface area (Å²) in [4.78, 5) is 0. The summed E-state index contributed by atoms with van der Waals surface area (Å²) in [5, 5.41) is 8.89. The van der Waals surface area contributed by atoms with Crippen molar-refractivity contribution in [3.63, 3.8) is 0 Å². The van der Waals surface area contributed by atoms with Crippen molar-refractivity contribution in [2.45, 2.75) is 96.6 Å². The highest BCUT2D eigenvalue weighted by Crippen LogP contribution is 2.12. The molecule has 109 valence electrons. The molecule has 0 heterocycles. The molecule has 3 N–H and O–H groups in total. The van der Waals surface area contributed by atoms with Gasteiger partial charge in [0.15, 0.2) is 0 Å². The van der Waals surface area contributed by atoms with E-state index >= 15 is 0 Å². The molecule has 1 atom stereocenters. The molecule has 0 amide bonds. The van der Waals surface area contributed by atoms with Gasteiger partial charge in [-0.3, -0.25) is 0 Å². The summed E-state index contributed by atoms with van der Waals surface area (Å²) in [6.07, 6.45) is 18.4. The van der Waals surface area contributed by atoms with Crippen molar-refractivity contribution < 1.29 is 5.11 Å². The van der Waals surface area contributed by atoms with Crippen LogP contribution in [0.2, 0.25) is 0 Å². The summed E-state index contributed by atoms with van der Waals surface area (Å²) in [5.41, 5.74) is 5.27. The van der Waals surface area contributed by atoms with Crippen molar-refractivity contribution in [1.82, 2.24) is 0 Å². The SMILES string of the molecule is CCCCCCCCCCCC[CH]CCC(N)O. The van der Waals surface area contributed by atoms with Crippen molar-refractivity contribution in [1.29, 1.82) is 0 Å². The van der Waals surface area contributed by atoms with E-state index in [4.69, 9.17) is 10.8 Å². The summed E-state index contributed by atoms with van der Waals surface area (Å²) >= 11 is 0. The molecule has 0 aromatic carbocycles. The summed E-state index contributed by atoms with van der Waals surface area (Å²) in [5.74, 6) is 0. The molecule has 0 fully saturated rings. The third-order valence-corrected chi connectivity index (χ3v) is 3.43. The number of nitrogens with two attached hydrogens (primary N) is 1. The lowest BCUT2D eigenvalue weighted by atomic mass is 10.0. The van der Waals surface area contributed by atoms with Crippen LogP contribution in [0.25, 0.3) is 0 Å². The monoisotopic (exact) mass is 256 g/mol. The standard InChI is InChI=1S/C16H34NO/c1-2-3-4-5-6-7-8-9-10-11-12-13-14-15-16(17)18/h13,16,18H,2-12,14-15,17H2,1H3. The van der Waals surface area contributed by atoms with Crippen molar-refractivity contribution in [2.75, 3.05) is 0 Å². The Morgan fingerprint density at radius 3 is 1.83 bits per heavy atom. The third-order valence-electron chi connectivity index (χ3n) is 3.43. The Balaban J connectivity index is 2.90. The lowest BCUT2D eigenvalue weighted by Gasteiger charge is -2.04. The van der Waals surface area contributed by atoms with Gasteiger partial charge in [-0.05, 0) is 19.3 Å². The van der Waals surface area contributed by atoms with Crippen molar-refractivity contribution in [3.05, 3.63) is 6.42 Å². The van der Waals surface area contributed by atoms with E-state index in [0.717, 1.165) is 6.42 Å². The fraction of sp³-hybridized carbons (Fsp3) is 0.938.